The first-order valence-electron chi connectivity index (χ1n) is 6.09. The minimum Gasteiger partial charge on any atom is -0.490 e. The summed E-state index contributed by atoms with van der Waals surface area (Å²) in [6.45, 7) is 2.32. The number of hydrogen-bond donors (Lipinski definition) is 2. The third-order valence-electron chi connectivity index (χ3n) is 2.63. The van der Waals surface area contributed by atoms with Crippen molar-refractivity contribution in [3.63, 3.8) is 0 Å². The van der Waals surface area contributed by atoms with Crippen LogP contribution >= 0.6 is 10.6 Å². The second kappa shape index (κ2) is 6.13. The predicted octanol–water partition coefficient (Wildman–Crippen LogP) is 3.28. The van der Waals surface area contributed by atoms with Gasteiger partial charge < -0.3 is 9.47 Å². The molecule has 0 saturated carbocycles. The maximum absolute atomic E-state index is 11.1. The van der Waals surface area contributed by atoms with Crippen molar-refractivity contribution in [3.05, 3.63) is 41.3 Å². The maximum atomic E-state index is 11.1. The molecule has 0 unspecified atom stereocenters. The lowest BCUT2D eigenvalue weighted by atomic mass is 10.2. The van der Waals surface area contributed by atoms with Gasteiger partial charge in [0.15, 0.2) is 0 Å². The summed E-state index contributed by atoms with van der Waals surface area (Å²) in [5.41, 5.74) is 0.733. The van der Waals surface area contributed by atoms with Crippen LogP contribution in [0.15, 0.2) is 40.7 Å². The Balaban J connectivity index is 1.93. The normalized spacial score (nSPS) is 16.9. The minimum atomic E-state index is -2.78. The smallest absolute Gasteiger partial charge is 0.330 e. The Labute approximate surface area is 118 Å². The minimum absolute atomic E-state index is 0.234. The molecule has 1 aromatic carbocycles. The molecular formula is C14H16O5S. The summed E-state index contributed by atoms with van der Waals surface area (Å²) in [7, 11) is -2.78. The molecule has 108 valence electrons. The van der Waals surface area contributed by atoms with Gasteiger partial charge in [0, 0.05) is 17.0 Å². The SMILES string of the molecule is CCOC(=O)C=CCOc1ccc2c(c1)C=CS2(O)O. The second-order valence-corrected chi connectivity index (χ2v) is 5.96. The van der Waals surface area contributed by atoms with Crippen LogP contribution in [0.2, 0.25) is 0 Å². The summed E-state index contributed by atoms with van der Waals surface area (Å²) in [5, 5.41) is 1.39. The van der Waals surface area contributed by atoms with Crippen LogP contribution in [0.4, 0.5) is 0 Å². The van der Waals surface area contributed by atoms with Gasteiger partial charge in [-0.2, -0.15) is 0 Å². The first-order chi connectivity index (χ1) is 9.53. The Hall–Kier alpha value is -1.76. The highest BCUT2D eigenvalue weighted by molar-refractivity contribution is 8.27. The van der Waals surface area contributed by atoms with Gasteiger partial charge in [0.05, 0.1) is 11.5 Å². The quantitative estimate of drug-likeness (QED) is 0.644. The van der Waals surface area contributed by atoms with E-state index in [0.717, 1.165) is 5.56 Å². The van der Waals surface area contributed by atoms with Crippen LogP contribution in [-0.4, -0.2) is 28.3 Å². The zero-order valence-corrected chi connectivity index (χ0v) is 11.8. The van der Waals surface area contributed by atoms with Gasteiger partial charge in [-0.25, -0.2) is 4.79 Å². The molecule has 0 amide bonds. The van der Waals surface area contributed by atoms with Crippen molar-refractivity contribution in [2.45, 2.75) is 11.8 Å². The Morgan fingerprint density at radius 2 is 2.20 bits per heavy atom. The molecular weight excluding hydrogens is 280 g/mol. The van der Waals surface area contributed by atoms with E-state index < -0.39 is 16.6 Å². The highest BCUT2D eigenvalue weighted by Crippen LogP contribution is 2.56. The molecule has 6 heteroatoms. The first-order valence-corrected chi connectivity index (χ1v) is 7.70. The van der Waals surface area contributed by atoms with Crippen molar-refractivity contribution in [1.82, 2.24) is 0 Å². The van der Waals surface area contributed by atoms with Gasteiger partial charge in [0.25, 0.3) is 0 Å². The molecule has 2 rings (SSSR count). The summed E-state index contributed by atoms with van der Waals surface area (Å²) in [6, 6.07) is 5.03. The molecule has 0 atom stereocenters. The molecule has 0 aliphatic carbocycles. The lowest BCUT2D eigenvalue weighted by Crippen LogP contribution is -2.01. The zero-order chi connectivity index (χ0) is 14.6. The molecule has 5 nitrogen and oxygen atoms in total. The van der Waals surface area contributed by atoms with Crippen LogP contribution < -0.4 is 4.74 Å². The van der Waals surface area contributed by atoms with Crippen molar-refractivity contribution in [2.75, 3.05) is 13.2 Å². The van der Waals surface area contributed by atoms with Gasteiger partial charge in [0.2, 0.25) is 0 Å². The Kier molecular flexibility index (Phi) is 4.49. The number of fused-ring (bicyclic) bond motifs is 1. The average molecular weight is 296 g/mol. The molecule has 1 aromatic rings. The largest absolute Gasteiger partial charge is 0.490 e. The number of benzene rings is 1. The van der Waals surface area contributed by atoms with Crippen molar-refractivity contribution < 1.29 is 23.4 Å². The van der Waals surface area contributed by atoms with E-state index in [4.69, 9.17) is 9.47 Å². The van der Waals surface area contributed by atoms with E-state index in [1.807, 2.05) is 0 Å². The molecule has 0 bridgehead atoms. The molecule has 0 saturated heterocycles. The fourth-order valence-corrected chi connectivity index (χ4v) is 2.97. The van der Waals surface area contributed by atoms with Gasteiger partial charge in [0.1, 0.15) is 12.4 Å². The number of ether oxygens (including phenoxy) is 2. The van der Waals surface area contributed by atoms with Crippen molar-refractivity contribution in [1.29, 1.82) is 0 Å². The van der Waals surface area contributed by atoms with Crippen LogP contribution in [0.25, 0.3) is 6.08 Å². The molecule has 0 spiro atoms. The van der Waals surface area contributed by atoms with E-state index >= 15 is 0 Å². The second-order valence-electron chi connectivity index (χ2n) is 4.06. The van der Waals surface area contributed by atoms with Crippen molar-refractivity contribution in [2.24, 2.45) is 0 Å². The van der Waals surface area contributed by atoms with Crippen LogP contribution in [-0.2, 0) is 9.53 Å². The van der Waals surface area contributed by atoms with Crippen molar-refractivity contribution >= 4 is 22.6 Å². The third-order valence-corrected chi connectivity index (χ3v) is 4.16. The fraction of sp³-hybridized carbons (Fsp3) is 0.214. The highest BCUT2D eigenvalue weighted by atomic mass is 32.3. The summed E-state index contributed by atoms with van der Waals surface area (Å²) >= 11 is 0. The summed E-state index contributed by atoms with van der Waals surface area (Å²) in [5.74, 6) is 0.195. The first kappa shape index (κ1) is 14.6. The van der Waals surface area contributed by atoms with Crippen LogP contribution in [0, 0.1) is 0 Å². The summed E-state index contributed by atoms with van der Waals surface area (Å²) in [4.78, 5) is 11.6. The lowest BCUT2D eigenvalue weighted by Gasteiger charge is -2.25. The van der Waals surface area contributed by atoms with E-state index in [9.17, 15) is 13.9 Å². The number of carbonyl (C=O) groups is 1. The van der Waals surface area contributed by atoms with E-state index in [1.54, 1.807) is 37.3 Å². The van der Waals surface area contributed by atoms with Crippen LogP contribution in [0.5, 0.6) is 5.75 Å². The lowest BCUT2D eigenvalue weighted by molar-refractivity contribution is -0.137. The molecule has 0 aromatic heterocycles. The number of carbonyl (C=O) groups excluding carboxylic acids is 1. The number of hydrogen-bond acceptors (Lipinski definition) is 5. The molecule has 2 N–H and O–H groups in total. The third kappa shape index (κ3) is 3.41. The molecule has 0 radical (unpaired) electrons. The molecule has 20 heavy (non-hydrogen) atoms. The van der Waals surface area contributed by atoms with E-state index in [1.165, 1.54) is 11.5 Å². The van der Waals surface area contributed by atoms with E-state index in [2.05, 4.69) is 0 Å². The molecule has 1 heterocycles. The van der Waals surface area contributed by atoms with Gasteiger partial charge in [-0.1, -0.05) is 0 Å². The summed E-state index contributed by atoms with van der Waals surface area (Å²) < 4.78 is 29.6. The van der Waals surface area contributed by atoms with Crippen molar-refractivity contribution in [3.8, 4) is 5.75 Å². The topological polar surface area (TPSA) is 76.0 Å². The van der Waals surface area contributed by atoms with Crippen LogP contribution in [0.3, 0.4) is 0 Å². The summed E-state index contributed by atoms with van der Waals surface area (Å²) in [6.07, 6.45) is 4.54. The monoisotopic (exact) mass is 296 g/mol. The molecule has 1 aliphatic heterocycles. The molecule has 0 fully saturated rings. The number of rotatable bonds is 5. The maximum Gasteiger partial charge on any atom is 0.330 e. The van der Waals surface area contributed by atoms with E-state index in [-0.39, 0.29) is 6.61 Å². The van der Waals surface area contributed by atoms with Gasteiger partial charge in [-0.05, 0) is 37.3 Å². The van der Waals surface area contributed by atoms with Gasteiger partial charge >= 0.3 is 5.97 Å². The number of esters is 1. The Bertz CT molecular complexity index is 563. The van der Waals surface area contributed by atoms with Crippen LogP contribution in [0.1, 0.15) is 12.5 Å². The Morgan fingerprint density at radius 3 is 2.95 bits per heavy atom. The Morgan fingerprint density at radius 1 is 1.40 bits per heavy atom. The standard InChI is InChI=1S/C14H16O5S/c1-2-18-14(15)4-3-8-19-12-5-6-13-11(10-12)7-9-20(13,16)17/h3-7,9-10,16-17H,2,8H2,1H3. The zero-order valence-electron chi connectivity index (χ0n) is 11.0. The fourth-order valence-electron chi connectivity index (χ4n) is 1.74. The van der Waals surface area contributed by atoms with E-state index in [0.29, 0.717) is 17.3 Å². The molecule has 1 aliphatic rings. The average Bonchev–Trinajstić information content (AvgIpc) is 2.71. The van der Waals surface area contributed by atoms with Gasteiger partial charge in [-0.3, -0.25) is 9.11 Å². The predicted molar refractivity (Wildman–Crippen MR) is 77.9 cm³/mol. The van der Waals surface area contributed by atoms with Gasteiger partial charge in [-0.15, -0.1) is 10.6 Å². The highest BCUT2D eigenvalue weighted by Gasteiger charge is 2.21.